The Kier molecular flexibility index (Phi) is 2.51. The molecule has 1 aromatic carbocycles. The van der Waals surface area contributed by atoms with Crippen molar-refractivity contribution in [3.63, 3.8) is 0 Å². The maximum Gasteiger partial charge on any atom is 0.173 e. The Labute approximate surface area is 92.5 Å². The topological polar surface area (TPSA) is 66.7 Å². The van der Waals surface area contributed by atoms with Crippen LogP contribution >= 0.6 is 11.6 Å². The minimum Gasteiger partial charge on any atom is -0.382 e. The van der Waals surface area contributed by atoms with Crippen LogP contribution in [0.25, 0.3) is 0 Å². The number of nitrogens with zero attached hydrogens (tertiary/aromatic N) is 1. The lowest BCUT2D eigenvalue weighted by Crippen LogP contribution is -1.95. The Balaban J connectivity index is 2.29. The summed E-state index contributed by atoms with van der Waals surface area (Å²) in [5.41, 5.74) is 6.50. The predicted octanol–water partition coefficient (Wildman–Crippen LogP) is 2.70. The van der Waals surface area contributed by atoms with Gasteiger partial charge in [0.2, 0.25) is 0 Å². The second kappa shape index (κ2) is 3.82. The first-order valence-electron chi connectivity index (χ1n) is 4.50. The van der Waals surface area contributed by atoms with E-state index >= 15 is 0 Å². The van der Waals surface area contributed by atoms with Gasteiger partial charge in [-0.05, 0) is 19.1 Å². The van der Waals surface area contributed by atoms with Crippen LogP contribution < -0.4 is 11.1 Å². The molecule has 1 heterocycles. The molecule has 5 heteroatoms. The molecule has 2 aromatic rings. The van der Waals surface area contributed by atoms with Gasteiger partial charge in [0.15, 0.2) is 5.82 Å². The largest absolute Gasteiger partial charge is 0.382 e. The minimum absolute atomic E-state index is 0.507. The van der Waals surface area contributed by atoms with Crippen molar-refractivity contribution in [1.82, 2.24) is 9.97 Å². The maximum absolute atomic E-state index is 5.99. The van der Waals surface area contributed by atoms with E-state index in [1.54, 1.807) is 6.07 Å². The molecule has 4 N–H and O–H groups in total. The Hall–Kier alpha value is -1.68. The lowest BCUT2D eigenvalue weighted by atomic mass is 10.3. The first-order valence-corrected chi connectivity index (χ1v) is 4.88. The third-order valence-corrected chi connectivity index (χ3v) is 2.31. The highest BCUT2D eigenvalue weighted by Gasteiger charge is 2.06. The molecule has 0 unspecified atom stereocenters. The number of anilines is 3. The molecule has 0 bridgehead atoms. The summed E-state index contributed by atoms with van der Waals surface area (Å²) >= 11 is 5.99. The number of hydrogen-bond donors (Lipinski definition) is 3. The van der Waals surface area contributed by atoms with Crippen LogP contribution in [0.3, 0.4) is 0 Å². The molecule has 0 aliphatic rings. The van der Waals surface area contributed by atoms with Gasteiger partial charge in [-0.25, -0.2) is 4.98 Å². The second-order valence-electron chi connectivity index (χ2n) is 3.19. The van der Waals surface area contributed by atoms with Gasteiger partial charge in [-0.2, -0.15) is 0 Å². The van der Waals surface area contributed by atoms with Gasteiger partial charge in [-0.1, -0.05) is 23.7 Å². The first kappa shape index (κ1) is 9.86. The molecule has 0 saturated heterocycles. The number of hydrogen-bond acceptors (Lipinski definition) is 3. The standard InChI is InChI=1S/C10H11ClN4/c1-6-13-9(12)10(14-6)15-8-5-3-2-4-7(8)11/h2-5,15H,12H2,1H3,(H,13,14). The Morgan fingerprint density at radius 1 is 1.40 bits per heavy atom. The number of imidazole rings is 1. The smallest absolute Gasteiger partial charge is 0.173 e. The van der Waals surface area contributed by atoms with Crippen LogP contribution in [0.15, 0.2) is 24.3 Å². The van der Waals surface area contributed by atoms with Gasteiger partial charge in [0, 0.05) is 0 Å². The van der Waals surface area contributed by atoms with E-state index in [2.05, 4.69) is 15.3 Å². The van der Waals surface area contributed by atoms with Gasteiger partial charge in [0.05, 0.1) is 10.7 Å². The Morgan fingerprint density at radius 3 is 2.73 bits per heavy atom. The Morgan fingerprint density at radius 2 is 2.13 bits per heavy atom. The molecule has 15 heavy (non-hydrogen) atoms. The zero-order chi connectivity index (χ0) is 10.8. The maximum atomic E-state index is 5.99. The van der Waals surface area contributed by atoms with Gasteiger partial charge < -0.3 is 16.0 Å². The van der Waals surface area contributed by atoms with Crippen molar-refractivity contribution in [2.24, 2.45) is 0 Å². The van der Waals surface area contributed by atoms with Crippen molar-refractivity contribution in [1.29, 1.82) is 0 Å². The molecule has 0 amide bonds. The van der Waals surface area contributed by atoms with Crippen molar-refractivity contribution in [2.45, 2.75) is 6.92 Å². The summed E-state index contributed by atoms with van der Waals surface area (Å²) < 4.78 is 0. The number of nitrogens with two attached hydrogens (primary N) is 1. The minimum atomic E-state index is 0.507. The molecule has 0 radical (unpaired) electrons. The number of rotatable bonds is 2. The van der Waals surface area contributed by atoms with Crippen LogP contribution in [0, 0.1) is 6.92 Å². The number of H-pyrrole nitrogens is 1. The van der Waals surface area contributed by atoms with Crippen molar-refractivity contribution in [3.8, 4) is 0 Å². The molecule has 0 aliphatic carbocycles. The molecule has 0 fully saturated rings. The number of halogens is 1. The SMILES string of the molecule is Cc1nc(Nc2ccccc2Cl)c(N)[nH]1. The summed E-state index contributed by atoms with van der Waals surface area (Å²) in [4.78, 5) is 7.10. The van der Waals surface area contributed by atoms with E-state index in [1.807, 2.05) is 25.1 Å². The van der Waals surface area contributed by atoms with Crippen LogP contribution in [0.2, 0.25) is 5.02 Å². The summed E-state index contributed by atoms with van der Waals surface area (Å²) in [6.07, 6.45) is 0. The van der Waals surface area contributed by atoms with E-state index < -0.39 is 0 Å². The van der Waals surface area contributed by atoms with Crippen molar-refractivity contribution >= 4 is 28.9 Å². The molecule has 0 spiro atoms. The van der Waals surface area contributed by atoms with Crippen molar-refractivity contribution in [3.05, 3.63) is 35.1 Å². The summed E-state index contributed by atoms with van der Waals surface area (Å²) in [6.45, 7) is 1.84. The van der Waals surface area contributed by atoms with Crippen molar-refractivity contribution < 1.29 is 0 Å². The van der Waals surface area contributed by atoms with Gasteiger partial charge in [-0.3, -0.25) is 0 Å². The molecule has 1 aromatic heterocycles. The number of benzene rings is 1. The average molecular weight is 223 g/mol. The molecule has 2 rings (SSSR count). The van der Waals surface area contributed by atoms with E-state index in [9.17, 15) is 0 Å². The third-order valence-electron chi connectivity index (χ3n) is 1.98. The second-order valence-corrected chi connectivity index (χ2v) is 3.60. The molecule has 0 aliphatic heterocycles. The van der Waals surface area contributed by atoms with E-state index in [0.717, 1.165) is 11.5 Å². The van der Waals surface area contributed by atoms with Crippen LogP contribution in [0.4, 0.5) is 17.3 Å². The molecular weight excluding hydrogens is 212 g/mol. The number of para-hydroxylation sites is 1. The predicted molar refractivity (Wildman–Crippen MR) is 62.5 cm³/mol. The number of nitrogen functional groups attached to an aromatic ring is 1. The monoisotopic (exact) mass is 222 g/mol. The van der Waals surface area contributed by atoms with Crippen molar-refractivity contribution in [2.75, 3.05) is 11.1 Å². The van der Waals surface area contributed by atoms with Crippen LogP contribution in [0.1, 0.15) is 5.82 Å². The summed E-state index contributed by atoms with van der Waals surface area (Å²) in [5, 5.41) is 3.70. The normalized spacial score (nSPS) is 10.3. The zero-order valence-electron chi connectivity index (χ0n) is 8.21. The summed E-state index contributed by atoms with van der Waals surface area (Å²) in [5.74, 6) is 1.87. The van der Waals surface area contributed by atoms with Gasteiger partial charge in [0.1, 0.15) is 11.6 Å². The van der Waals surface area contributed by atoms with E-state index in [-0.39, 0.29) is 0 Å². The summed E-state index contributed by atoms with van der Waals surface area (Å²) in [6, 6.07) is 7.43. The molecular formula is C10H11ClN4. The Bertz CT molecular complexity index is 478. The van der Waals surface area contributed by atoms with Crippen LogP contribution in [-0.4, -0.2) is 9.97 Å². The van der Waals surface area contributed by atoms with Gasteiger partial charge in [-0.15, -0.1) is 0 Å². The zero-order valence-corrected chi connectivity index (χ0v) is 8.97. The van der Waals surface area contributed by atoms with Gasteiger partial charge >= 0.3 is 0 Å². The third kappa shape index (κ3) is 2.05. The number of aromatic nitrogens is 2. The quantitative estimate of drug-likeness (QED) is 0.732. The summed E-state index contributed by atoms with van der Waals surface area (Å²) in [7, 11) is 0. The molecule has 78 valence electrons. The van der Waals surface area contributed by atoms with E-state index in [4.69, 9.17) is 17.3 Å². The highest BCUT2D eigenvalue weighted by Crippen LogP contribution is 2.26. The molecule has 0 atom stereocenters. The fraction of sp³-hybridized carbons (Fsp3) is 0.100. The van der Waals surface area contributed by atoms with Crippen LogP contribution in [0.5, 0.6) is 0 Å². The molecule has 0 saturated carbocycles. The first-order chi connectivity index (χ1) is 7.16. The highest BCUT2D eigenvalue weighted by atomic mass is 35.5. The van der Waals surface area contributed by atoms with E-state index in [1.165, 1.54) is 0 Å². The lowest BCUT2D eigenvalue weighted by molar-refractivity contribution is 1.15. The lowest BCUT2D eigenvalue weighted by Gasteiger charge is -2.05. The van der Waals surface area contributed by atoms with E-state index in [0.29, 0.717) is 16.7 Å². The number of aromatic amines is 1. The number of nitrogens with one attached hydrogen (secondary N) is 2. The fourth-order valence-electron chi connectivity index (χ4n) is 1.30. The number of aryl methyl sites for hydroxylation is 1. The van der Waals surface area contributed by atoms with Gasteiger partial charge in [0.25, 0.3) is 0 Å². The fourth-order valence-corrected chi connectivity index (χ4v) is 1.48. The molecule has 4 nitrogen and oxygen atoms in total. The average Bonchev–Trinajstić information content (AvgIpc) is 2.49. The highest BCUT2D eigenvalue weighted by molar-refractivity contribution is 6.33. The van der Waals surface area contributed by atoms with Crippen LogP contribution in [-0.2, 0) is 0 Å².